The van der Waals surface area contributed by atoms with Crippen molar-refractivity contribution in [3.63, 3.8) is 0 Å². The zero-order chi connectivity index (χ0) is 18.6. The molecule has 3 rings (SSSR count). The molecule has 26 heavy (non-hydrogen) atoms. The van der Waals surface area contributed by atoms with Crippen LogP contribution in [0.25, 0.3) is 11.1 Å². The Hall–Kier alpha value is -2.34. The van der Waals surface area contributed by atoms with Gasteiger partial charge >= 0.3 is 0 Å². The molecule has 2 atom stereocenters. The van der Waals surface area contributed by atoms with Crippen LogP contribution in [0.4, 0.5) is 0 Å². The van der Waals surface area contributed by atoms with Crippen LogP contribution in [0.15, 0.2) is 54.6 Å². The molecule has 1 saturated heterocycles. The topological polar surface area (TPSA) is 72.5 Å². The summed E-state index contributed by atoms with van der Waals surface area (Å²) in [5.41, 5.74) is 2.20. The lowest BCUT2D eigenvalue weighted by Crippen LogP contribution is -2.39. The average molecular weight is 373 g/mol. The first kappa shape index (κ1) is 18.5. The Labute approximate surface area is 154 Å². The maximum Gasteiger partial charge on any atom is 0.260 e. The highest BCUT2D eigenvalue weighted by Crippen LogP contribution is 2.22. The molecule has 138 valence electrons. The van der Waals surface area contributed by atoms with E-state index in [1.807, 2.05) is 54.6 Å². The first-order valence-electron chi connectivity index (χ1n) is 8.73. The van der Waals surface area contributed by atoms with Crippen molar-refractivity contribution in [1.29, 1.82) is 0 Å². The highest BCUT2D eigenvalue weighted by atomic mass is 32.2. The van der Waals surface area contributed by atoms with Crippen molar-refractivity contribution >= 4 is 15.7 Å². The van der Waals surface area contributed by atoms with Gasteiger partial charge in [0.05, 0.1) is 11.5 Å². The van der Waals surface area contributed by atoms with E-state index in [9.17, 15) is 13.2 Å². The van der Waals surface area contributed by atoms with Gasteiger partial charge in [0.1, 0.15) is 5.75 Å². The molecule has 0 bridgehead atoms. The minimum absolute atomic E-state index is 0.00121. The lowest BCUT2D eigenvalue weighted by atomic mass is 10.1. The summed E-state index contributed by atoms with van der Waals surface area (Å²) in [6, 6.07) is 17.6. The number of benzene rings is 2. The van der Waals surface area contributed by atoms with Crippen LogP contribution in [0.3, 0.4) is 0 Å². The van der Waals surface area contributed by atoms with Gasteiger partial charge < -0.3 is 10.1 Å². The predicted octanol–water partition coefficient (Wildman–Crippen LogP) is 2.67. The maximum absolute atomic E-state index is 12.2. The van der Waals surface area contributed by atoms with Gasteiger partial charge in [0, 0.05) is 6.54 Å². The molecule has 1 aliphatic rings. The molecule has 0 saturated carbocycles. The van der Waals surface area contributed by atoms with E-state index in [-0.39, 0.29) is 23.3 Å². The predicted molar refractivity (Wildman–Crippen MR) is 102 cm³/mol. The lowest BCUT2D eigenvalue weighted by molar-refractivity contribution is -0.127. The summed E-state index contributed by atoms with van der Waals surface area (Å²) in [5.74, 6) is 0.759. The number of hydrogen-bond donors (Lipinski definition) is 1. The number of carbonyl (C=O) groups is 1. The molecule has 1 N–H and O–H groups in total. The molecule has 6 heteroatoms. The van der Waals surface area contributed by atoms with E-state index in [0.717, 1.165) is 11.1 Å². The standard InChI is InChI=1S/C20H23NO4S/c1-15(20(22)21-13-16-11-12-26(23,24)14-16)25-19-9-7-18(8-10-19)17-5-3-2-4-6-17/h2-10,15-16H,11-14H2,1H3,(H,21,22)/t15-,16-/m0/s1. The first-order chi connectivity index (χ1) is 12.4. The Balaban J connectivity index is 1.51. The number of carbonyl (C=O) groups excluding carboxylic acids is 1. The molecule has 0 radical (unpaired) electrons. The zero-order valence-electron chi connectivity index (χ0n) is 14.7. The zero-order valence-corrected chi connectivity index (χ0v) is 15.5. The van der Waals surface area contributed by atoms with Crippen LogP contribution < -0.4 is 10.1 Å². The molecule has 0 spiro atoms. The number of ether oxygens (including phenoxy) is 1. The molecule has 1 heterocycles. The minimum Gasteiger partial charge on any atom is -0.481 e. The third kappa shape index (κ3) is 4.85. The monoisotopic (exact) mass is 373 g/mol. The van der Waals surface area contributed by atoms with Crippen molar-refractivity contribution in [1.82, 2.24) is 5.32 Å². The second-order valence-corrected chi connectivity index (χ2v) is 8.89. The summed E-state index contributed by atoms with van der Waals surface area (Å²) >= 11 is 0. The molecule has 1 amide bonds. The van der Waals surface area contributed by atoms with Gasteiger partial charge in [0.15, 0.2) is 15.9 Å². The van der Waals surface area contributed by atoms with Crippen molar-refractivity contribution in [2.45, 2.75) is 19.4 Å². The highest BCUT2D eigenvalue weighted by Gasteiger charge is 2.28. The fourth-order valence-electron chi connectivity index (χ4n) is 3.04. The van der Waals surface area contributed by atoms with Crippen molar-refractivity contribution in [2.75, 3.05) is 18.1 Å². The van der Waals surface area contributed by atoms with Crippen molar-refractivity contribution in [3.8, 4) is 16.9 Å². The molecular weight excluding hydrogens is 350 g/mol. The fourth-order valence-corrected chi connectivity index (χ4v) is 4.90. The van der Waals surface area contributed by atoms with Crippen LogP contribution in [0, 0.1) is 5.92 Å². The van der Waals surface area contributed by atoms with E-state index in [4.69, 9.17) is 4.74 Å². The van der Waals surface area contributed by atoms with E-state index >= 15 is 0 Å². The number of sulfone groups is 1. The van der Waals surface area contributed by atoms with Crippen LogP contribution in [0.1, 0.15) is 13.3 Å². The molecule has 1 aliphatic heterocycles. The SMILES string of the molecule is C[C@H](Oc1ccc(-c2ccccc2)cc1)C(=O)NC[C@@H]1CCS(=O)(=O)C1. The van der Waals surface area contributed by atoms with Gasteiger partial charge in [-0.1, -0.05) is 42.5 Å². The van der Waals surface area contributed by atoms with Crippen LogP contribution in [0.5, 0.6) is 5.75 Å². The Bertz CT molecular complexity index is 847. The minimum atomic E-state index is -2.92. The summed E-state index contributed by atoms with van der Waals surface area (Å²) < 4.78 is 28.6. The summed E-state index contributed by atoms with van der Waals surface area (Å²) in [4.78, 5) is 12.2. The van der Waals surface area contributed by atoms with Gasteiger partial charge in [0.25, 0.3) is 5.91 Å². The Morgan fingerprint density at radius 2 is 1.77 bits per heavy atom. The highest BCUT2D eigenvalue weighted by molar-refractivity contribution is 7.91. The molecule has 1 fully saturated rings. The van der Waals surface area contributed by atoms with E-state index in [2.05, 4.69) is 5.32 Å². The normalized spacial score (nSPS) is 19.7. The van der Waals surface area contributed by atoms with Gasteiger partial charge in [-0.3, -0.25) is 4.79 Å². The van der Waals surface area contributed by atoms with E-state index in [0.29, 0.717) is 18.7 Å². The van der Waals surface area contributed by atoms with Gasteiger partial charge in [-0.05, 0) is 42.5 Å². The van der Waals surface area contributed by atoms with Crippen molar-refractivity contribution < 1.29 is 17.9 Å². The molecule has 2 aromatic carbocycles. The van der Waals surface area contributed by atoms with Gasteiger partial charge in [0.2, 0.25) is 0 Å². The van der Waals surface area contributed by atoms with Crippen molar-refractivity contribution in [2.24, 2.45) is 5.92 Å². The largest absolute Gasteiger partial charge is 0.481 e. The van der Waals surface area contributed by atoms with Crippen LogP contribution >= 0.6 is 0 Å². The first-order valence-corrected chi connectivity index (χ1v) is 10.6. The second-order valence-electron chi connectivity index (χ2n) is 6.66. The second kappa shape index (κ2) is 7.91. The van der Waals surface area contributed by atoms with E-state index < -0.39 is 15.9 Å². The Morgan fingerprint density at radius 1 is 1.12 bits per heavy atom. The molecule has 0 aliphatic carbocycles. The summed E-state index contributed by atoms with van der Waals surface area (Å²) in [6.07, 6.45) is -0.0331. The van der Waals surface area contributed by atoms with E-state index in [1.165, 1.54) is 0 Å². The fraction of sp³-hybridized carbons (Fsp3) is 0.350. The number of amides is 1. The Morgan fingerprint density at radius 3 is 2.38 bits per heavy atom. The number of hydrogen-bond acceptors (Lipinski definition) is 4. The summed E-state index contributed by atoms with van der Waals surface area (Å²) in [6.45, 7) is 2.06. The molecular formula is C20H23NO4S. The van der Waals surface area contributed by atoms with Crippen LogP contribution in [0.2, 0.25) is 0 Å². The Kier molecular flexibility index (Phi) is 5.61. The van der Waals surface area contributed by atoms with Crippen LogP contribution in [-0.2, 0) is 14.6 Å². The van der Waals surface area contributed by atoms with Crippen LogP contribution in [-0.4, -0.2) is 38.5 Å². The van der Waals surface area contributed by atoms with Gasteiger partial charge in [-0.2, -0.15) is 0 Å². The third-order valence-corrected chi connectivity index (χ3v) is 6.37. The smallest absolute Gasteiger partial charge is 0.260 e. The molecule has 0 unspecified atom stereocenters. The quantitative estimate of drug-likeness (QED) is 0.845. The molecule has 2 aromatic rings. The number of rotatable bonds is 6. The number of nitrogens with one attached hydrogen (secondary N) is 1. The maximum atomic E-state index is 12.2. The van der Waals surface area contributed by atoms with Gasteiger partial charge in [-0.15, -0.1) is 0 Å². The average Bonchev–Trinajstić information content (AvgIpc) is 3.00. The summed E-state index contributed by atoms with van der Waals surface area (Å²) in [7, 11) is -2.92. The summed E-state index contributed by atoms with van der Waals surface area (Å²) in [5, 5.41) is 2.79. The molecule has 0 aromatic heterocycles. The third-order valence-electron chi connectivity index (χ3n) is 4.54. The lowest BCUT2D eigenvalue weighted by Gasteiger charge is -2.16. The molecule has 5 nitrogen and oxygen atoms in total. The van der Waals surface area contributed by atoms with Crippen molar-refractivity contribution in [3.05, 3.63) is 54.6 Å². The van der Waals surface area contributed by atoms with Gasteiger partial charge in [-0.25, -0.2) is 8.42 Å². The van der Waals surface area contributed by atoms with E-state index in [1.54, 1.807) is 6.92 Å².